The first kappa shape index (κ1) is 17.5. The van der Waals surface area contributed by atoms with Gasteiger partial charge in [-0.25, -0.2) is 14.0 Å². The van der Waals surface area contributed by atoms with Crippen LogP contribution in [0, 0.1) is 0 Å². The van der Waals surface area contributed by atoms with Crippen LogP contribution in [-0.2, 0) is 0 Å². The van der Waals surface area contributed by atoms with Gasteiger partial charge in [0.25, 0.3) is 0 Å². The Labute approximate surface area is 149 Å². The Kier molecular flexibility index (Phi) is 4.79. The zero-order valence-electron chi connectivity index (χ0n) is 16.0. The molecular formula is C19H28N6. The summed E-state index contributed by atoms with van der Waals surface area (Å²) in [6, 6.07) is 6.20. The molecule has 3 aromatic heterocycles. The minimum atomic E-state index is -0.243. The quantitative estimate of drug-likeness (QED) is 0.676. The second kappa shape index (κ2) is 6.86. The van der Waals surface area contributed by atoms with Gasteiger partial charge in [0.15, 0.2) is 0 Å². The Morgan fingerprint density at radius 1 is 0.560 bits per heavy atom. The summed E-state index contributed by atoms with van der Waals surface area (Å²) < 4.78 is 5.80. The molecule has 3 heterocycles. The van der Waals surface area contributed by atoms with Gasteiger partial charge in [-0.15, -0.1) is 0 Å². The van der Waals surface area contributed by atoms with E-state index in [1.807, 2.05) is 32.6 Å². The largest absolute Gasteiger partial charge is 0.238 e. The summed E-state index contributed by atoms with van der Waals surface area (Å²) in [4.78, 5) is 0. The summed E-state index contributed by atoms with van der Waals surface area (Å²) in [5.41, 5.74) is 3.20. The van der Waals surface area contributed by atoms with Crippen LogP contribution < -0.4 is 0 Å². The first-order valence-electron chi connectivity index (χ1n) is 9.02. The van der Waals surface area contributed by atoms with E-state index < -0.39 is 0 Å². The average Bonchev–Trinajstić information content (AvgIpc) is 3.28. The van der Waals surface area contributed by atoms with E-state index in [-0.39, 0.29) is 6.29 Å². The third-order valence-electron chi connectivity index (χ3n) is 4.37. The maximum Gasteiger partial charge on any atom is 0.238 e. The molecule has 6 nitrogen and oxygen atoms in total. The maximum atomic E-state index is 4.77. The molecule has 134 valence electrons. The Morgan fingerprint density at radius 3 is 1.04 bits per heavy atom. The highest BCUT2D eigenvalue weighted by Crippen LogP contribution is 2.20. The second-order valence-electron chi connectivity index (χ2n) is 7.47. The Hall–Kier alpha value is -2.37. The van der Waals surface area contributed by atoms with Gasteiger partial charge in [0, 0.05) is 18.6 Å². The highest BCUT2D eigenvalue weighted by molar-refractivity contribution is 5.09. The highest BCUT2D eigenvalue weighted by atomic mass is 15.6. The molecule has 0 aromatic carbocycles. The third-order valence-corrected chi connectivity index (χ3v) is 4.37. The molecule has 0 aliphatic heterocycles. The fourth-order valence-corrected chi connectivity index (χ4v) is 2.73. The topological polar surface area (TPSA) is 53.5 Å². The minimum absolute atomic E-state index is 0.243. The molecule has 3 rings (SSSR count). The fourth-order valence-electron chi connectivity index (χ4n) is 2.73. The molecule has 0 saturated carbocycles. The second-order valence-corrected chi connectivity index (χ2v) is 7.47. The van der Waals surface area contributed by atoms with E-state index in [0.29, 0.717) is 17.8 Å². The van der Waals surface area contributed by atoms with Crippen LogP contribution in [0.15, 0.2) is 36.8 Å². The van der Waals surface area contributed by atoms with Crippen LogP contribution in [-0.4, -0.2) is 29.3 Å². The Bertz CT molecular complexity index is 711. The fraction of sp³-hybridized carbons (Fsp3) is 0.526. The molecule has 0 fully saturated rings. The minimum Gasteiger partial charge on any atom is -0.227 e. The smallest absolute Gasteiger partial charge is 0.227 e. The van der Waals surface area contributed by atoms with Crippen LogP contribution in [0.1, 0.15) is 82.7 Å². The molecule has 0 aliphatic rings. The van der Waals surface area contributed by atoms with Crippen molar-refractivity contribution in [3.05, 3.63) is 53.9 Å². The van der Waals surface area contributed by atoms with Gasteiger partial charge in [0.05, 0.1) is 17.1 Å². The number of nitrogens with zero attached hydrogens (tertiary/aromatic N) is 6. The van der Waals surface area contributed by atoms with Gasteiger partial charge in [0.1, 0.15) is 0 Å². The lowest BCUT2D eigenvalue weighted by Crippen LogP contribution is -2.28. The van der Waals surface area contributed by atoms with Gasteiger partial charge in [0.2, 0.25) is 6.29 Å². The van der Waals surface area contributed by atoms with Crippen LogP contribution in [0.2, 0.25) is 0 Å². The van der Waals surface area contributed by atoms with Crippen LogP contribution in [0.5, 0.6) is 0 Å². The molecular weight excluding hydrogens is 312 g/mol. The summed E-state index contributed by atoms with van der Waals surface area (Å²) in [6.07, 6.45) is 5.78. The summed E-state index contributed by atoms with van der Waals surface area (Å²) >= 11 is 0. The van der Waals surface area contributed by atoms with Crippen molar-refractivity contribution in [3.63, 3.8) is 0 Å². The number of hydrogen-bond acceptors (Lipinski definition) is 3. The molecule has 0 unspecified atom stereocenters. The van der Waals surface area contributed by atoms with Gasteiger partial charge in [-0.05, 0) is 36.0 Å². The summed E-state index contributed by atoms with van der Waals surface area (Å²) in [5, 5.41) is 14.3. The lowest BCUT2D eigenvalue weighted by atomic mass is 10.1. The van der Waals surface area contributed by atoms with Gasteiger partial charge >= 0.3 is 0 Å². The van der Waals surface area contributed by atoms with E-state index in [1.54, 1.807) is 0 Å². The molecule has 6 heteroatoms. The van der Waals surface area contributed by atoms with E-state index in [4.69, 9.17) is 15.3 Å². The number of hydrogen-bond donors (Lipinski definition) is 0. The normalized spacial score (nSPS) is 12.2. The first-order chi connectivity index (χ1) is 11.9. The van der Waals surface area contributed by atoms with Crippen molar-refractivity contribution < 1.29 is 0 Å². The first-order valence-corrected chi connectivity index (χ1v) is 9.02. The van der Waals surface area contributed by atoms with E-state index in [1.165, 1.54) is 0 Å². The van der Waals surface area contributed by atoms with Crippen molar-refractivity contribution in [1.82, 2.24) is 29.3 Å². The third kappa shape index (κ3) is 3.52. The van der Waals surface area contributed by atoms with E-state index in [9.17, 15) is 0 Å². The summed E-state index contributed by atoms with van der Waals surface area (Å²) in [7, 11) is 0. The van der Waals surface area contributed by atoms with Gasteiger partial charge in [-0.1, -0.05) is 41.5 Å². The van der Waals surface area contributed by atoms with Gasteiger partial charge in [-0.2, -0.15) is 15.3 Å². The van der Waals surface area contributed by atoms with Crippen molar-refractivity contribution in [2.75, 3.05) is 0 Å². The SMILES string of the molecule is CC(C)c1ccn(C(n2ccc(C(C)C)n2)n2ccc(C(C)C)n2)n1. The Balaban J connectivity index is 2.05. The van der Waals surface area contributed by atoms with E-state index >= 15 is 0 Å². The lowest BCUT2D eigenvalue weighted by molar-refractivity contribution is 0.279. The monoisotopic (exact) mass is 340 g/mol. The van der Waals surface area contributed by atoms with E-state index in [0.717, 1.165) is 17.1 Å². The zero-order valence-corrected chi connectivity index (χ0v) is 16.0. The molecule has 0 amide bonds. The highest BCUT2D eigenvalue weighted by Gasteiger charge is 2.20. The van der Waals surface area contributed by atoms with Crippen LogP contribution in [0.3, 0.4) is 0 Å². The van der Waals surface area contributed by atoms with Crippen molar-refractivity contribution in [3.8, 4) is 0 Å². The zero-order chi connectivity index (χ0) is 18.1. The molecule has 0 bridgehead atoms. The molecule has 25 heavy (non-hydrogen) atoms. The van der Waals surface area contributed by atoms with Crippen molar-refractivity contribution >= 4 is 0 Å². The van der Waals surface area contributed by atoms with E-state index in [2.05, 4.69) is 59.7 Å². The van der Waals surface area contributed by atoms with Crippen molar-refractivity contribution in [1.29, 1.82) is 0 Å². The molecule has 0 spiro atoms. The van der Waals surface area contributed by atoms with Crippen LogP contribution >= 0.6 is 0 Å². The number of rotatable bonds is 6. The molecule has 0 aliphatic carbocycles. The predicted octanol–water partition coefficient (Wildman–Crippen LogP) is 4.20. The standard InChI is InChI=1S/C19H28N6/c1-13(2)16-7-10-23(20-16)19(24-11-8-17(21-24)14(3)4)25-12-9-18(22-25)15(5)6/h7-15,19H,1-6H3. The van der Waals surface area contributed by atoms with Crippen molar-refractivity contribution in [2.45, 2.75) is 65.6 Å². The summed E-state index contributed by atoms with van der Waals surface area (Å²) in [5.74, 6) is 1.15. The maximum absolute atomic E-state index is 4.77. The molecule has 0 atom stereocenters. The number of aromatic nitrogens is 6. The molecule has 0 saturated heterocycles. The predicted molar refractivity (Wildman–Crippen MR) is 98.8 cm³/mol. The average molecular weight is 340 g/mol. The summed E-state index contributed by atoms with van der Waals surface area (Å²) in [6.45, 7) is 12.9. The van der Waals surface area contributed by atoms with Crippen LogP contribution in [0.25, 0.3) is 0 Å². The molecule has 3 aromatic rings. The van der Waals surface area contributed by atoms with Gasteiger partial charge in [-0.3, -0.25) is 0 Å². The molecule has 0 radical (unpaired) electrons. The Morgan fingerprint density at radius 2 is 0.840 bits per heavy atom. The van der Waals surface area contributed by atoms with Gasteiger partial charge < -0.3 is 0 Å². The lowest BCUT2D eigenvalue weighted by Gasteiger charge is -2.19. The van der Waals surface area contributed by atoms with Crippen LogP contribution in [0.4, 0.5) is 0 Å². The molecule has 0 N–H and O–H groups in total. The van der Waals surface area contributed by atoms with Crippen molar-refractivity contribution in [2.24, 2.45) is 0 Å².